The maximum absolute atomic E-state index is 13.7. The molecule has 19 heavy (non-hydrogen) atoms. The van der Waals surface area contributed by atoms with Crippen LogP contribution in [0.2, 0.25) is 0 Å². The normalized spacial score (nSPS) is 10.0. The van der Waals surface area contributed by atoms with Crippen molar-refractivity contribution in [2.45, 2.75) is 13.8 Å². The Morgan fingerprint density at radius 3 is 2.58 bits per heavy atom. The van der Waals surface area contributed by atoms with Gasteiger partial charge in [-0.15, -0.1) is 0 Å². The molecule has 0 N–H and O–H groups in total. The van der Waals surface area contributed by atoms with Crippen LogP contribution >= 0.6 is 0 Å². The van der Waals surface area contributed by atoms with Crippen molar-refractivity contribution in [3.8, 4) is 6.07 Å². The summed E-state index contributed by atoms with van der Waals surface area (Å²) in [5.74, 6) is -0.480. The number of nitriles is 1. The van der Waals surface area contributed by atoms with Gasteiger partial charge in [-0.3, -0.25) is 0 Å². The Hall–Kier alpha value is -2.34. The second-order valence-corrected chi connectivity index (χ2v) is 4.33. The Bertz CT molecular complexity index is 629. The summed E-state index contributed by atoms with van der Waals surface area (Å²) in [5.41, 5.74) is 2.79. The van der Waals surface area contributed by atoms with Crippen molar-refractivity contribution in [2.75, 3.05) is 11.4 Å². The minimum absolute atomic E-state index is 0.0888. The molecule has 3 heteroatoms. The van der Waals surface area contributed by atoms with Crippen LogP contribution in [-0.2, 0) is 0 Å². The molecule has 2 aromatic rings. The maximum atomic E-state index is 13.7. The molecular weight excluding hydrogens is 239 g/mol. The molecule has 0 unspecified atom stereocenters. The van der Waals surface area contributed by atoms with Crippen LogP contribution in [-0.4, -0.2) is 6.54 Å². The smallest absolute Gasteiger partial charge is 0.143 e. The first-order valence-electron chi connectivity index (χ1n) is 6.20. The second-order valence-electron chi connectivity index (χ2n) is 4.33. The third kappa shape index (κ3) is 2.58. The Labute approximate surface area is 112 Å². The lowest BCUT2D eigenvalue weighted by Gasteiger charge is -2.24. The SMILES string of the molecule is CCN(c1cccc(C)c1)c1cccc(F)c1C#N. The minimum atomic E-state index is -0.480. The van der Waals surface area contributed by atoms with Crippen molar-refractivity contribution in [3.63, 3.8) is 0 Å². The third-order valence-corrected chi connectivity index (χ3v) is 3.02. The Balaban J connectivity index is 2.55. The summed E-state index contributed by atoms with van der Waals surface area (Å²) in [5, 5.41) is 9.13. The monoisotopic (exact) mass is 254 g/mol. The van der Waals surface area contributed by atoms with Crippen LogP contribution in [0.1, 0.15) is 18.1 Å². The van der Waals surface area contributed by atoms with Gasteiger partial charge in [-0.05, 0) is 43.7 Å². The van der Waals surface area contributed by atoms with Gasteiger partial charge in [0, 0.05) is 12.2 Å². The lowest BCUT2D eigenvalue weighted by molar-refractivity contribution is 0.623. The molecule has 0 aliphatic heterocycles. The summed E-state index contributed by atoms with van der Waals surface area (Å²) < 4.78 is 13.7. The van der Waals surface area contributed by atoms with Gasteiger partial charge in [-0.25, -0.2) is 4.39 Å². The van der Waals surface area contributed by atoms with Crippen molar-refractivity contribution in [3.05, 3.63) is 59.4 Å². The van der Waals surface area contributed by atoms with Crippen LogP contribution in [0, 0.1) is 24.1 Å². The van der Waals surface area contributed by atoms with Crippen LogP contribution < -0.4 is 4.90 Å². The third-order valence-electron chi connectivity index (χ3n) is 3.02. The van der Waals surface area contributed by atoms with Gasteiger partial charge in [-0.1, -0.05) is 18.2 Å². The maximum Gasteiger partial charge on any atom is 0.143 e. The first-order chi connectivity index (χ1) is 9.17. The molecule has 0 aliphatic carbocycles. The topological polar surface area (TPSA) is 27.0 Å². The molecule has 0 heterocycles. The largest absolute Gasteiger partial charge is 0.341 e. The summed E-state index contributed by atoms with van der Waals surface area (Å²) >= 11 is 0. The summed E-state index contributed by atoms with van der Waals surface area (Å²) in [4.78, 5) is 1.94. The van der Waals surface area contributed by atoms with Crippen molar-refractivity contribution >= 4 is 11.4 Å². The van der Waals surface area contributed by atoms with Crippen LogP contribution in [0.5, 0.6) is 0 Å². The van der Waals surface area contributed by atoms with E-state index in [2.05, 4.69) is 0 Å². The van der Waals surface area contributed by atoms with E-state index in [1.807, 2.05) is 49.1 Å². The molecule has 0 saturated heterocycles. The van der Waals surface area contributed by atoms with Crippen LogP contribution in [0.3, 0.4) is 0 Å². The number of hydrogen-bond donors (Lipinski definition) is 0. The molecule has 0 saturated carbocycles. The lowest BCUT2D eigenvalue weighted by Crippen LogP contribution is -2.17. The zero-order valence-corrected chi connectivity index (χ0v) is 11.0. The Morgan fingerprint density at radius 2 is 1.95 bits per heavy atom. The average Bonchev–Trinajstić information content (AvgIpc) is 2.40. The number of aryl methyl sites for hydroxylation is 1. The zero-order chi connectivity index (χ0) is 13.8. The molecule has 0 aliphatic rings. The predicted octanol–water partition coefficient (Wildman–Crippen LogP) is 4.16. The van der Waals surface area contributed by atoms with E-state index in [9.17, 15) is 4.39 Å². The van der Waals surface area contributed by atoms with Crippen LogP contribution in [0.4, 0.5) is 15.8 Å². The van der Waals surface area contributed by atoms with E-state index in [0.717, 1.165) is 11.3 Å². The fourth-order valence-corrected chi connectivity index (χ4v) is 2.14. The van der Waals surface area contributed by atoms with Gasteiger partial charge in [0.05, 0.1) is 5.69 Å². The van der Waals surface area contributed by atoms with Gasteiger partial charge >= 0.3 is 0 Å². The highest BCUT2D eigenvalue weighted by Gasteiger charge is 2.14. The molecular formula is C16H15FN2. The summed E-state index contributed by atoms with van der Waals surface area (Å²) in [6, 6.07) is 14.6. The molecule has 2 rings (SSSR count). The number of anilines is 2. The Morgan fingerprint density at radius 1 is 1.21 bits per heavy atom. The number of benzene rings is 2. The number of nitrogens with zero attached hydrogens (tertiary/aromatic N) is 2. The molecule has 96 valence electrons. The van der Waals surface area contributed by atoms with Crippen molar-refractivity contribution < 1.29 is 4.39 Å². The van der Waals surface area contributed by atoms with Crippen LogP contribution in [0.25, 0.3) is 0 Å². The molecule has 0 spiro atoms. The standard InChI is InChI=1S/C16H15FN2/c1-3-19(13-7-4-6-12(2)10-13)16-9-5-8-15(17)14(16)11-18/h4-10H,3H2,1-2H3. The quantitative estimate of drug-likeness (QED) is 0.822. The van der Waals surface area contributed by atoms with Gasteiger partial charge in [-0.2, -0.15) is 5.26 Å². The van der Waals surface area contributed by atoms with Gasteiger partial charge in [0.25, 0.3) is 0 Å². The van der Waals surface area contributed by atoms with E-state index in [-0.39, 0.29) is 5.56 Å². The molecule has 0 bridgehead atoms. The van der Waals surface area contributed by atoms with E-state index in [0.29, 0.717) is 12.2 Å². The molecule has 0 radical (unpaired) electrons. The van der Waals surface area contributed by atoms with E-state index in [1.165, 1.54) is 6.07 Å². The summed E-state index contributed by atoms with van der Waals surface area (Å²) in [7, 11) is 0. The number of hydrogen-bond acceptors (Lipinski definition) is 2. The van der Waals surface area contributed by atoms with E-state index < -0.39 is 5.82 Å². The van der Waals surface area contributed by atoms with Crippen LogP contribution in [0.15, 0.2) is 42.5 Å². The molecule has 0 fully saturated rings. The molecule has 0 amide bonds. The lowest BCUT2D eigenvalue weighted by atomic mass is 10.1. The van der Waals surface area contributed by atoms with E-state index in [1.54, 1.807) is 12.1 Å². The van der Waals surface area contributed by atoms with Gasteiger partial charge < -0.3 is 4.90 Å². The first-order valence-corrected chi connectivity index (χ1v) is 6.20. The molecule has 0 aromatic heterocycles. The molecule has 2 nitrogen and oxygen atoms in total. The van der Waals surface area contributed by atoms with Crippen molar-refractivity contribution in [1.82, 2.24) is 0 Å². The van der Waals surface area contributed by atoms with Gasteiger partial charge in [0.1, 0.15) is 17.4 Å². The van der Waals surface area contributed by atoms with E-state index in [4.69, 9.17) is 5.26 Å². The fraction of sp³-hybridized carbons (Fsp3) is 0.188. The fourth-order valence-electron chi connectivity index (χ4n) is 2.14. The van der Waals surface area contributed by atoms with Crippen molar-refractivity contribution in [2.24, 2.45) is 0 Å². The average molecular weight is 254 g/mol. The number of rotatable bonds is 3. The highest BCUT2D eigenvalue weighted by molar-refractivity contribution is 5.69. The first kappa shape index (κ1) is 13.1. The Kier molecular flexibility index (Phi) is 3.82. The summed E-state index contributed by atoms with van der Waals surface area (Å²) in [6.07, 6.45) is 0. The van der Waals surface area contributed by atoms with Gasteiger partial charge in [0.2, 0.25) is 0 Å². The van der Waals surface area contributed by atoms with Gasteiger partial charge in [0.15, 0.2) is 0 Å². The van der Waals surface area contributed by atoms with Crippen molar-refractivity contribution in [1.29, 1.82) is 5.26 Å². The summed E-state index contributed by atoms with van der Waals surface area (Å²) in [6.45, 7) is 4.66. The second kappa shape index (κ2) is 5.53. The van der Waals surface area contributed by atoms with E-state index >= 15 is 0 Å². The minimum Gasteiger partial charge on any atom is -0.341 e. The molecule has 0 atom stereocenters. The highest BCUT2D eigenvalue weighted by atomic mass is 19.1. The molecule has 2 aromatic carbocycles. The predicted molar refractivity (Wildman–Crippen MR) is 75.0 cm³/mol. The zero-order valence-electron chi connectivity index (χ0n) is 11.0. The number of halogens is 1. The highest BCUT2D eigenvalue weighted by Crippen LogP contribution is 2.29.